The summed E-state index contributed by atoms with van der Waals surface area (Å²) in [6.07, 6.45) is 0. The molecule has 2 N–H and O–H groups in total. The lowest BCUT2D eigenvalue weighted by Crippen LogP contribution is -2.19. The first kappa shape index (κ1) is 12.8. The predicted molar refractivity (Wildman–Crippen MR) is 66.4 cm³/mol. The third kappa shape index (κ3) is 3.74. The van der Waals surface area contributed by atoms with Gasteiger partial charge in [-0.2, -0.15) is 0 Å². The Labute approximate surface area is 100 Å². The maximum absolute atomic E-state index is 10.7. The van der Waals surface area contributed by atoms with Crippen LogP contribution in [0.1, 0.15) is 31.1 Å². The fourth-order valence-corrected chi connectivity index (χ4v) is 1.43. The number of carboxylic acids is 1. The highest BCUT2D eigenvalue weighted by Gasteiger charge is 2.11. The third-order valence-electron chi connectivity index (χ3n) is 2.02. The number of benzene rings is 1. The smallest absolute Gasteiger partial charge is 0.337 e. The van der Waals surface area contributed by atoms with Crippen LogP contribution in [0.25, 0.3) is 0 Å². The van der Waals surface area contributed by atoms with Gasteiger partial charge in [0, 0.05) is 12.2 Å². The summed E-state index contributed by atoms with van der Waals surface area (Å²) in [5.41, 5.74) is 1.13. The van der Waals surface area contributed by atoms with Gasteiger partial charge in [0.15, 0.2) is 0 Å². The number of carbonyl (C=O) groups is 1. The molecule has 0 aliphatic heterocycles. The molecule has 0 heterocycles. The molecule has 4 heteroatoms. The summed E-state index contributed by atoms with van der Waals surface area (Å²) >= 11 is 5.85. The van der Waals surface area contributed by atoms with Gasteiger partial charge < -0.3 is 10.4 Å². The van der Waals surface area contributed by atoms with E-state index in [1.165, 1.54) is 6.07 Å². The van der Waals surface area contributed by atoms with Crippen LogP contribution in [0.2, 0.25) is 5.02 Å². The van der Waals surface area contributed by atoms with Crippen molar-refractivity contribution in [1.82, 2.24) is 0 Å². The highest BCUT2D eigenvalue weighted by Crippen LogP contribution is 2.22. The molecule has 0 unspecified atom stereocenters. The van der Waals surface area contributed by atoms with Crippen LogP contribution in [-0.2, 0) is 0 Å². The van der Waals surface area contributed by atoms with Crippen LogP contribution in [0.4, 0.5) is 5.69 Å². The number of carboxylic acid groups (broad SMARTS) is 1. The van der Waals surface area contributed by atoms with Gasteiger partial charge in [0.05, 0.1) is 10.6 Å². The van der Waals surface area contributed by atoms with Crippen LogP contribution in [0.5, 0.6) is 0 Å². The molecule has 16 heavy (non-hydrogen) atoms. The third-order valence-corrected chi connectivity index (χ3v) is 2.34. The zero-order valence-electron chi connectivity index (χ0n) is 9.67. The van der Waals surface area contributed by atoms with E-state index in [-0.39, 0.29) is 16.0 Å². The van der Waals surface area contributed by atoms with E-state index in [0.717, 1.165) is 12.2 Å². The Bertz CT molecular complexity index is 396. The molecule has 88 valence electrons. The average Bonchev–Trinajstić information content (AvgIpc) is 2.13. The van der Waals surface area contributed by atoms with E-state index in [2.05, 4.69) is 26.1 Å². The first-order chi connectivity index (χ1) is 7.29. The maximum Gasteiger partial charge on any atom is 0.337 e. The molecule has 0 aliphatic carbocycles. The topological polar surface area (TPSA) is 49.3 Å². The summed E-state index contributed by atoms with van der Waals surface area (Å²) in [6, 6.07) is 4.87. The van der Waals surface area contributed by atoms with E-state index in [4.69, 9.17) is 16.7 Å². The highest BCUT2D eigenvalue weighted by molar-refractivity contribution is 6.33. The van der Waals surface area contributed by atoms with E-state index in [9.17, 15) is 4.79 Å². The van der Waals surface area contributed by atoms with Crippen LogP contribution < -0.4 is 5.32 Å². The lowest BCUT2D eigenvalue weighted by atomic mass is 9.97. The van der Waals surface area contributed by atoms with Gasteiger partial charge in [0.1, 0.15) is 0 Å². The average molecular weight is 242 g/mol. The Morgan fingerprint density at radius 1 is 1.44 bits per heavy atom. The summed E-state index contributed by atoms with van der Waals surface area (Å²) < 4.78 is 0. The largest absolute Gasteiger partial charge is 0.478 e. The van der Waals surface area contributed by atoms with Crippen molar-refractivity contribution in [1.29, 1.82) is 0 Å². The van der Waals surface area contributed by atoms with E-state index in [0.29, 0.717) is 0 Å². The van der Waals surface area contributed by atoms with Gasteiger partial charge in [-0.1, -0.05) is 32.4 Å². The number of nitrogens with one attached hydrogen (secondary N) is 1. The number of hydrogen-bond donors (Lipinski definition) is 2. The van der Waals surface area contributed by atoms with E-state index in [1.54, 1.807) is 12.1 Å². The Morgan fingerprint density at radius 2 is 2.06 bits per heavy atom. The second-order valence-electron chi connectivity index (χ2n) is 4.91. The number of rotatable bonds is 3. The molecule has 0 aliphatic rings. The lowest BCUT2D eigenvalue weighted by molar-refractivity contribution is 0.0697. The van der Waals surface area contributed by atoms with E-state index in [1.807, 2.05) is 0 Å². The van der Waals surface area contributed by atoms with Gasteiger partial charge in [-0.25, -0.2) is 4.79 Å². The van der Waals surface area contributed by atoms with Crippen molar-refractivity contribution in [3.05, 3.63) is 28.8 Å². The number of hydrogen-bond acceptors (Lipinski definition) is 2. The summed E-state index contributed by atoms with van der Waals surface area (Å²) in [5, 5.41) is 12.3. The van der Waals surface area contributed by atoms with Crippen molar-refractivity contribution in [3.63, 3.8) is 0 Å². The SMILES string of the molecule is CC(C)(C)CNc1ccc(C(=O)O)c(Cl)c1. The fourth-order valence-electron chi connectivity index (χ4n) is 1.17. The summed E-state index contributed by atoms with van der Waals surface area (Å²) in [4.78, 5) is 10.7. The molecule has 0 aromatic heterocycles. The van der Waals surface area contributed by atoms with Gasteiger partial charge in [-0.05, 0) is 23.6 Å². The molecule has 1 aromatic carbocycles. The minimum absolute atomic E-state index is 0.128. The Hall–Kier alpha value is -1.22. The zero-order valence-corrected chi connectivity index (χ0v) is 10.4. The van der Waals surface area contributed by atoms with Gasteiger partial charge in [-0.3, -0.25) is 0 Å². The van der Waals surface area contributed by atoms with Crippen LogP contribution in [0.3, 0.4) is 0 Å². The van der Waals surface area contributed by atoms with Crippen molar-refractivity contribution in [2.45, 2.75) is 20.8 Å². The van der Waals surface area contributed by atoms with Crippen molar-refractivity contribution >= 4 is 23.3 Å². The Balaban J connectivity index is 2.78. The van der Waals surface area contributed by atoms with Crippen molar-refractivity contribution in [2.75, 3.05) is 11.9 Å². The Kier molecular flexibility index (Phi) is 3.81. The minimum atomic E-state index is -1.01. The van der Waals surface area contributed by atoms with Gasteiger partial charge in [-0.15, -0.1) is 0 Å². The summed E-state index contributed by atoms with van der Waals surface area (Å²) in [5.74, 6) is -1.01. The molecule has 0 fully saturated rings. The Morgan fingerprint density at radius 3 is 2.50 bits per heavy atom. The summed E-state index contributed by atoms with van der Waals surface area (Å²) in [7, 11) is 0. The molecule has 0 bridgehead atoms. The number of aromatic carboxylic acids is 1. The molecule has 1 rings (SSSR count). The molecule has 0 amide bonds. The minimum Gasteiger partial charge on any atom is -0.478 e. The zero-order chi connectivity index (χ0) is 12.3. The highest BCUT2D eigenvalue weighted by atomic mass is 35.5. The number of anilines is 1. The lowest BCUT2D eigenvalue weighted by Gasteiger charge is -2.19. The standard InChI is InChI=1S/C12H16ClNO2/c1-12(2,3)7-14-8-4-5-9(11(15)16)10(13)6-8/h4-6,14H,7H2,1-3H3,(H,15,16). The van der Waals surface area contributed by atoms with E-state index >= 15 is 0 Å². The quantitative estimate of drug-likeness (QED) is 0.852. The fraction of sp³-hybridized carbons (Fsp3) is 0.417. The molecule has 0 radical (unpaired) electrons. The molecular formula is C12H16ClNO2. The van der Waals surface area contributed by atoms with E-state index < -0.39 is 5.97 Å². The van der Waals surface area contributed by atoms with Gasteiger partial charge in [0.25, 0.3) is 0 Å². The molecule has 0 atom stereocenters. The molecular weight excluding hydrogens is 226 g/mol. The predicted octanol–water partition coefficient (Wildman–Crippen LogP) is 3.50. The number of halogens is 1. The second kappa shape index (κ2) is 4.74. The van der Waals surface area contributed by atoms with Crippen LogP contribution in [0.15, 0.2) is 18.2 Å². The van der Waals surface area contributed by atoms with Crippen molar-refractivity contribution in [3.8, 4) is 0 Å². The molecule has 0 saturated heterocycles. The second-order valence-corrected chi connectivity index (χ2v) is 5.32. The molecule has 0 spiro atoms. The van der Waals surface area contributed by atoms with Crippen LogP contribution >= 0.6 is 11.6 Å². The van der Waals surface area contributed by atoms with Gasteiger partial charge >= 0.3 is 5.97 Å². The monoisotopic (exact) mass is 241 g/mol. The van der Waals surface area contributed by atoms with Crippen LogP contribution in [-0.4, -0.2) is 17.6 Å². The summed E-state index contributed by atoms with van der Waals surface area (Å²) in [6.45, 7) is 7.16. The molecule has 1 aromatic rings. The molecule has 3 nitrogen and oxygen atoms in total. The van der Waals surface area contributed by atoms with Crippen molar-refractivity contribution in [2.24, 2.45) is 5.41 Å². The first-order valence-electron chi connectivity index (χ1n) is 5.06. The van der Waals surface area contributed by atoms with Crippen molar-refractivity contribution < 1.29 is 9.90 Å². The molecule has 0 saturated carbocycles. The first-order valence-corrected chi connectivity index (χ1v) is 5.44. The van der Waals surface area contributed by atoms with Gasteiger partial charge in [0.2, 0.25) is 0 Å². The normalized spacial score (nSPS) is 11.2. The maximum atomic E-state index is 10.7. The van der Waals surface area contributed by atoms with Crippen LogP contribution in [0, 0.1) is 5.41 Å².